The van der Waals surface area contributed by atoms with Gasteiger partial charge < -0.3 is 10.1 Å². The molecule has 0 aliphatic carbocycles. The summed E-state index contributed by atoms with van der Waals surface area (Å²) in [6.07, 6.45) is 1.01. The molecule has 0 saturated carbocycles. The van der Waals surface area contributed by atoms with Gasteiger partial charge in [0.25, 0.3) is 0 Å². The minimum atomic E-state index is -0.560. The number of ether oxygens (including phenoxy) is 1. The Labute approximate surface area is 169 Å². The van der Waals surface area contributed by atoms with E-state index in [1.165, 1.54) is 5.56 Å². The molecular formula is C23H23N3O3. The summed E-state index contributed by atoms with van der Waals surface area (Å²) >= 11 is 0. The maximum absolute atomic E-state index is 13.2. The molecule has 4 rings (SSSR count). The Bertz CT molecular complexity index is 1080. The van der Waals surface area contributed by atoms with Crippen LogP contribution in [0, 0.1) is 6.92 Å². The molecule has 1 N–H and O–H groups in total. The first kappa shape index (κ1) is 18.9. The number of ketones is 1. The zero-order valence-electron chi connectivity index (χ0n) is 16.7. The summed E-state index contributed by atoms with van der Waals surface area (Å²) in [6, 6.07) is 15.0. The zero-order chi connectivity index (χ0) is 20.5. The van der Waals surface area contributed by atoms with Crippen molar-refractivity contribution in [1.29, 1.82) is 0 Å². The van der Waals surface area contributed by atoms with Crippen molar-refractivity contribution in [3.63, 3.8) is 0 Å². The molecule has 1 aliphatic heterocycles. The van der Waals surface area contributed by atoms with Crippen molar-refractivity contribution in [2.24, 2.45) is 0 Å². The Balaban J connectivity index is 1.78. The van der Waals surface area contributed by atoms with Gasteiger partial charge in [0.05, 0.1) is 24.4 Å². The highest BCUT2D eigenvalue weighted by atomic mass is 16.5. The number of carbonyl (C=O) groups excluding carboxylic acids is 2. The summed E-state index contributed by atoms with van der Waals surface area (Å²) in [6.45, 7) is 3.97. The fraction of sp³-hybridized carbons (Fsp3) is 0.261. The molecule has 0 radical (unpaired) electrons. The van der Waals surface area contributed by atoms with Gasteiger partial charge >= 0.3 is 0 Å². The lowest BCUT2D eigenvalue weighted by Gasteiger charge is -2.23. The predicted molar refractivity (Wildman–Crippen MR) is 111 cm³/mol. The summed E-state index contributed by atoms with van der Waals surface area (Å²) in [5.41, 5.74) is 4.13. The van der Waals surface area contributed by atoms with Crippen LogP contribution in [0.3, 0.4) is 0 Å². The second kappa shape index (κ2) is 7.54. The van der Waals surface area contributed by atoms with Crippen molar-refractivity contribution in [2.45, 2.75) is 32.6 Å². The van der Waals surface area contributed by atoms with E-state index in [0.29, 0.717) is 17.1 Å². The van der Waals surface area contributed by atoms with Crippen LogP contribution in [0.5, 0.6) is 5.75 Å². The smallest absolute Gasteiger partial charge is 0.226 e. The molecule has 29 heavy (non-hydrogen) atoms. The van der Waals surface area contributed by atoms with Gasteiger partial charge in [0, 0.05) is 17.5 Å². The average molecular weight is 389 g/mol. The van der Waals surface area contributed by atoms with E-state index in [-0.39, 0.29) is 18.1 Å². The fourth-order valence-corrected chi connectivity index (χ4v) is 3.82. The first-order valence-corrected chi connectivity index (χ1v) is 9.68. The number of fused-ring (bicyclic) bond motifs is 1. The Morgan fingerprint density at radius 1 is 1.24 bits per heavy atom. The molecule has 1 atom stereocenters. The molecular weight excluding hydrogens is 366 g/mol. The molecule has 3 aromatic rings. The molecule has 148 valence electrons. The van der Waals surface area contributed by atoms with Gasteiger partial charge in [0.15, 0.2) is 5.78 Å². The van der Waals surface area contributed by atoms with Gasteiger partial charge in [-0.3, -0.25) is 9.59 Å². The topological polar surface area (TPSA) is 73.2 Å². The molecule has 2 aromatic carbocycles. The molecule has 6 heteroatoms. The maximum Gasteiger partial charge on any atom is 0.226 e. The number of nitrogens with one attached hydrogen (secondary N) is 1. The van der Waals surface area contributed by atoms with Crippen molar-refractivity contribution in [3.05, 3.63) is 70.9 Å². The van der Waals surface area contributed by atoms with E-state index in [1.54, 1.807) is 36.1 Å². The first-order chi connectivity index (χ1) is 14.0. The number of methoxy groups -OCH3 is 1. The van der Waals surface area contributed by atoms with Gasteiger partial charge in [-0.25, -0.2) is 4.68 Å². The number of benzene rings is 2. The van der Waals surface area contributed by atoms with Crippen LogP contribution in [0.25, 0.3) is 5.69 Å². The summed E-state index contributed by atoms with van der Waals surface area (Å²) in [5, 5.41) is 7.58. The van der Waals surface area contributed by atoms with E-state index in [2.05, 4.69) is 23.4 Å². The molecule has 6 nitrogen and oxygen atoms in total. The van der Waals surface area contributed by atoms with E-state index < -0.39 is 5.92 Å². The lowest BCUT2D eigenvalue weighted by Crippen LogP contribution is -2.28. The summed E-state index contributed by atoms with van der Waals surface area (Å²) in [4.78, 5) is 25.7. The van der Waals surface area contributed by atoms with Crippen LogP contribution < -0.4 is 10.1 Å². The third kappa shape index (κ3) is 3.42. The van der Waals surface area contributed by atoms with Gasteiger partial charge in [-0.05, 0) is 55.3 Å². The summed E-state index contributed by atoms with van der Waals surface area (Å²) in [5.74, 6) is 0.434. The molecule has 1 amide bonds. The Kier molecular flexibility index (Phi) is 4.92. The number of carbonyl (C=O) groups is 2. The second-order valence-corrected chi connectivity index (χ2v) is 7.18. The Morgan fingerprint density at radius 2 is 2.00 bits per heavy atom. The fourth-order valence-electron chi connectivity index (χ4n) is 3.82. The molecule has 0 fully saturated rings. The Morgan fingerprint density at radius 3 is 2.69 bits per heavy atom. The predicted octanol–water partition coefficient (Wildman–Crippen LogP) is 4.06. The monoisotopic (exact) mass is 389 g/mol. The normalized spacial score (nSPS) is 15.6. The molecule has 0 bridgehead atoms. The first-order valence-electron chi connectivity index (χ1n) is 9.68. The van der Waals surface area contributed by atoms with Crippen molar-refractivity contribution in [2.75, 3.05) is 12.4 Å². The number of Topliss-reactive ketones (excluding diaryl/α,β-unsaturated/α-hetero) is 1. The highest BCUT2D eigenvalue weighted by molar-refractivity contribution is 6.08. The maximum atomic E-state index is 13.2. The van der Waals surface area contributed by atoms with Gasteiger partial charge in [0.1, 0.15) is 11.6 Å². The molecule has 1 aromatic heterocycles. The van der Waals surface area contributed by atoms with E-state index in [9.17, 15) is 9.59 Å². The molecule has 0 spiro atoms. The lowest BCUT2D eigenvalue weighted by atomic mass is 9.85. The zero-order valence-corrected chi connectivity index (χ0v) is 16.7. The average Bonchev–Trinajstić information content (AvgIpc) is 3.09. The van der Waals surface area contributed by atoms with Crippen LogP contribution in [0.1, 0.15) is 46.4 Å². The minimum absolute atomic E-state index is 0.0892. The molecule has 2 heterocycles. The van der Waals surface area contributed by atoms with Crippen molar-refractivity contribution >= 4 is 17.5 Å². The van der Waals surface area contributed by atoms with E-state index in [4.69, 9.17) is 4.74 Å². The lowest BCUT2D eigenvalue weighted by molar-refractivity contribution is -0.116. The number of hydrogen-bond acceptors (Lipinski definition) is 4. The van der Waals surface area contributed by atoms with Crippen LogP contribution >= 0.6 is 0 Å². The van der Waals surface area contributed by atoms with Gasteiger partial charge in [-0.1, -0.05) is 19.1 Å². The highest BCUT2D eigenvalue weighted by Gasteiger charge is 2.36. The number of anilines is 1. The number of hydrogen-bond donors (Lipinski definition) is 1. The van der Waals surface area contributed by atoms with E-state index >= 15 is 0 Å². The summed E-state index contributed by atoms with van der Waals surface area (Å²) in [7, 11) is 1.58. The van der Waals surface area contributed by atoms with Crippen molar-refractivity contribution in [1.82, 2.24) is 9.78 Å². The van der Waals surface area contributed by atoms with Crippen LogP contribution in [0.15, 0.2) is 48.5 Å². The minimum Gasteiger partial charge on any atom is -0.497 e. The Hall–Kier alpha value is -3.41. The van der Waals surface area contributed by atoms with Crippen molar-refractivity contribution < 1.29 is 14.3 Å². The van der Waals surface area contributed by atoms with E-state index in [1.807, 2.05) is 25.1 Å². The van der Waals surface area contributed by atoms with Gasteiger partial charge in [0.2, 0.25) is 5.91 Å². The van der Waals surface area contributed by atoms with Gasteiger partial charge in [-0.2, -0.15) is 5.10 Å². The van der Waals surface area contributed by atoms with Gasteiger partial charge in [-0.15, -0.1) is 0 Å². The molecule has 1 aliphatic rings. The number of amides is 1. The van der Waals surface area contributed by atoms with E-state index in [0.717, 1.165) is 23.4 Å². The highest BCUT2D eigenvalue weighted by Crippen LogP contribution is 2.38. The SMILES string of the molecule is CCc1cccc(-n2nc(C)c3c2NC(=O)C[C@@H]3C(=O)c2ccc(OC)cc2)c1. The number of aromatic nitrogens is 2. The second-order valence-electron chi connectivity index (χ2n) is 7.18. The number of nitrogens with zero attached hydrogens (tertiary/aromatic N) is 2. The summed E-state index contributed by atoms with van der Waals surface area (Å²) < 4.78 is 6.90. The molecule has 0 unspecified atom stereocenters. The van der Waals surface area contributed by atoms with Crippen molar-refractivity contribution in [3.8, 4) is 11.4 Å². The quantitative estimate of drug-likeness (QED) is 0.668. The standard InChI is InChI=1S/C23H23N3O3/c1-4-15-6-5-7-17(12-15)26-23-21(14(2)25-26)19(13-20(27)24-23)22(28)16-8-10-18(29-3)11-9-16/h5-12,19H,4,13H2,1-3H3,(H,24,27)/t19-/m0/s1. The third-order valence-corrected chi connectivity index (χ3v) is 5.36. The number of rotatable bonds is 5. The van der Waals surface area contributed by atoms with Crippen LogP contribution in [-0.2, 0) is 11.2 Å². The van der Waals surface area contributed by atoms with Crippen LogP contribution in [0.2, 0.25) is 0 Å². The van der Waals surface area contributed by atoms with Crippen LogP contribution in [0.4, 0.5) is 5.82 Å². The largest absolute Gasteiger partial charge is 0.497 e. The van der Waals surface area contributed by atoms with Crippen LogP contribution in [-0.4, -0.2) is 28.6 Å². The number of aryl methyl sites for hydroxylation is 2. The third-order valence-electron chi connectivity index (χ3n) is 5.36. The molecule has 0 saturated heterocycles.